The first kappa shape index (κ1) is 6.50. The maximum atomic E-state index is 8.46. The van der Waals surface area contributed by atoms with Crippen LogP contribution in [0, 0.1) is 0 Å². The van der Waals surface area contributed by atoms with Gasteiger partial charge in [0.25, 0.3) is 0 Å². The fourth-order valence-electron chi connectivity index (χ4n) is 0.204. The predicted molar refractivity (Wildman–Crippen MR) is 28.3 cm³/mol. The molecule has 0 amide bonds. The normalized spacial score (nSPS) is 12.0. The lowest BCUT2D eigenvalue weighted by Gasteiger charge is -1.87. The van der Waals surface area contributed by atoms with E-state index in [1.807, 2.05) is 0 Å². The van der Waals surface area contributed by atoms with Crippen molar-refractivity contribution in [2.45, 2.75) is 6.92 Å². The zero-order chi connectivity index (χ0) is 5.70. The average molecular weight is 102 g/mol. The van der Waals surface area contributed by atoms with E-state index in [1.54, 1.807) is 20.1 Å². The van der Waals surface area contributed by atoms with Gasteiger partial charge in [0.05, 0.1) is 12.4 Å². The Kier molecular flexibility index (Phi) is 3.42. The van der Waals surface area contributed by atoms with Gasteiger partial charge < -0.3 is 9.84 Å². The third-order valence-electron chi connectivity index (χ3n) is 0.545. The van der Waals surface area contributed by atoms with Crippen LogP contribution >= 0.6 is 0 Å². The summed E-state index contributed by atoms with van der Waals surface area (Å²) in [6.45, 7) is 2.10. The van der Waals surface area contributed by atoms with Crippen molar-refractivity contribution in [3.63, 3.8) is 0 Å². The van der Waals surface area contributed by atoms with Crippen LogP contribution in [0.15, 0.2) is 11.8 Å². The van der Waals surface area contributed by atoms with Crippen LogP contribution < -0.4 is 0 Å². The first-order valence-corrected chi connectivity index (χ1v) is 2.12. The number of rotatable bonds is 2. The van der Waals surface area contributed by atoms with E-state index in [-0.39, 0.29) is 0 Å². The van der Waals surface area contributed by atoms with Crippen molar-refractivity contribution >= 4 is 0 Å². The van der Waals surface area contributed by atoms with E-state index in [2.05, 4.69) is 4.74 Å². The molecule has 0 saturated heterocycles. The first-order valence-electron chi connectivity index (χ1n) is 2.12. The molecule has 0 saturated carbocycles. The average Bonchev–Trinajstić information content (AvgIpc) is 1.61. The quantitative estimate of drug-likeness (QED) is 0.529. The van der Waals surface area contributed by atoms with Gasteiger partial charge in [-0.05, 0) is 13.0 Å². The zero-order valence-corrected chi connectivity index (χ0v) is 4.64. The van der Waals surface area contributed by atoms with Crippen molar-refractivity contribution in [2.24, 2.45) is 0 Å². The standard InChI is InChI=1S/C5H10O2/c1-5(6)3-4-7-2/h3,6H,4H2,1-2H3/b5-3+. The van der Waals surface area contributed by atoms with Gasteiger partial charge in [0.15, 0.2) is 0 Å². The van der Waals surface area contributed by atoms with Crippen LogP contribution in [-0.2, 0) is 4.74 Å². The van der Waals surface area contributed by atoms with Crippen LogP contribution in [0.5, 0.6) is 0 Å². The summed E-state index contributed by atoms with van der Waals surface area (Å²) in [5.74, 6) is 0.307. The number of aliphatic hydroxyl groups is 1. The third-order valence-corrected chi connectivity index (χ3v) is 0.545. The van der Waals surface area contributed by atoms with Crippen molar-refractivity contribution in [3.8, 4) is 0 Å². The van der Waals surface area contributed by atoms with Crippen LogP contribution in [-0.4, -0.2) is 18.8 Å². The molecule has 0 aliphatic rings. The minimum absolute atomic E-state index is 0.307. The lowest BCUT2D eigenvalue weighted by Crippen LogP contribution is -1.82. The maximum Gasteiger partial charge on any atom is 0.0874 e. The fourth-order valence-corrected chi connectivity index (χ4v) is 0.204. The first-order chi connectivity index (χ1) is 3.27. The molecule has 0 radical (unpaired) electrons. The molecule has 0 bridgehead atoms. The van der Waals surface area contributed by atoms with Crippen LogP contribution in [0.3, 0.4) is 0 Å². The maximum absolute atomic E-state index is 8.46. The predicted octanol–water partition coefficient (Wildman–Crippen LogP) is 1.09. The Bertz CT molecular complexity index is 62.5. The molecule has 0 aliphatic carbocycles. The van der Waals surface area contributed by atoms with Crippen molar-refractivity contribution < 1.29 is 9.84 Å². The number of aliphatic hydroxyl groups excluding tert-OH is 1. The van der Waals surface area contributed by atoms with Crippen LogP contribution in [0.2, 0.25) is 0 Å². The summed E-state index contributed by atoms with van der Waals surface area (Å²) in [7, 11) is 1.58. The number of hydrogen-bond acceptors (Lipinski definition) is 2. The SMILES string of the molecule is COC/C=C(\C)O. The molecule has 7 heavy (non-hydrogen) atoms. The van der Waals surface area contributed by atoms with Gasteiger partial charge in [-0.1, -0.05) is 0 Å². The second kappa shape index (κ2) is 3.68. The van der Waals surface area contributed by atoms with Gasteiger partial charge in [-0.3, -0.25) is 0 Å². The summed E-state index contributed by atoms with van der Waals surface area (Å²) >= 11 is 0. The van der Waals surface area contributed by atoms with E-state index in [9.17, 15) is 0 Å². The molecule has 0 rings (SSSR count). The molecule has 0 aromatic carbocycles. The molecule has 42 valence electrons. The highest BCUT2D eigenvalue weighted by Gasteiger charge is 1.74. The van der Waals surface area contributed by atoms with Crippen molar-refractivity contribution in [1.82, 2.24) is 0 Å². The summed E-state index contributed by atoms with van der Waals surface area (Å²) in [6.07, 6.45) is 1.60. The fraction of sp³-hybridized carbons (Fsp3) is 0.600. The van der Waals surface area contributed by atoms with Gasteiger partial charge in [0.2, 0.25) is 0 Å². The van der Waals surface area contributed by atoms with Gasteiger partial charge in [-0.2, -0.15) is 0 Å². The van der Waals surface area contributed by atoms with Crippen molar-refractivity contribution in [3.05, 3.63) is 11.8 Å². The van der Waals surface area contributed by atoms with Crippen LogP contribution in [0.4, 0.5) is 0 Å². The molecular formula is C5H10O2. The topological polar surface area (TPSA) is 29.5 Å². The molecule has 0 aliphatic heterocycles. The number of methoxy groups -OCH3 is 1. The van der Waals surface area contributed by atoms with Crippen LogP contribution in [0.25, 0.3) is 0 Å². The van der Waals surface area contributed by atoms with E-state index in [4.69, 9.17) is 5.11 Å². The van der Waals surface area contributed by atoms with Crippen molar-refractivity contribution in [2.75, 3.05) is 13.7 Å². The largest absolute Gasteiger partial charge is 0.513 e. The van der Waals surface area contributed by atoms with E-state index in [1.165, 1.54) is 0 Å². The molecule has 0 heterocycles. The van der Waals surface area contributed by atoms with Crippen molar-refractivity contribution in [1.29, 1.82) is 0 Å². The van der Waals surface area contributed by atoms with Gasteiger partial charge in [0, 0.05) is 7.11 Å². The number of allylic oxidation sites excluding steroid dienone is 1. The second-order valence-corrected chi connectivity index (χ2v) is 1.30. The molecule has 0 spiro atoms. The molecule has 0 aromatic rings. The van der Waals surface area contributed by atoms with Gasteiger partial charge in [-0.15, -0.1) is 0 Å². The molecule has 0 unspecified atom stereocenters. The highest BCUT2D eigenvalue weighted by molar-refractivity contribution is 4.84. The Morgan fingerprint density at radius 3 is 2.57 bits per heavy atom. The molecular weight excluding hydrogens is 92.1 g/mol. The Morgan fingerprint density at radius 1 is 1.86 bits per heavy atom. The minimum Gasteiger partial charge on any atom is -0.513 e. The Balaban J connectivity index is 3.08. The highest BCUT2D eigenvalue weighted by atomic mass is 16.5. The summed E-state index contributed by atoms with van der Waals surface area (Å²) in [5, 5.41) is 8.46. The van der Waals surface area contributed by atoms with E-state index in [0.29, 0.717) is 12.4 Å². The van der Waals surface area contributed by atoms with E-state index in [0.717, 1.165) is 0 Å². The highest BCUT2D eigenvalue weighted by Crippen LogP contribution is 1.81. The zero-order valence-electron chi connectivity index (χ0n) is 4.64. The molecule has 2 heteroatoms. The van der Waals surface area contributed by atoms with Gasteiger partial charge in [0.1, 0.15) is 0 Å². The number of ether oxygens (including phenoxy) is 1. The molecule has 0 fully saturated rings. The van der Waals surface area contributed by atoms with Gasteiger partial charge >= 0.3 is 0 Å². The Hall–Kier alpha value is -0.500. The molecule has 0 aromatic heterocycles. The van der Waals surface area contributed by atoms with Gasteiger partial charge in [-0.25, -0.2) is 0 Å². The minimum atomic E-state index is 0.307. The molecule has 0 atom stereocenters. The van der Waals surface area contributed by atoms with E-state index < -0.39 is 0 Å². The monoisotopic (exact) mass is 102 g/mol. The molecule has 1 N–H and O–H groups in total. The summed E-state index contributed by atoms with van der Waals surface area (Å²) in [5.41, 5.74) is 0. The summed E-state index contributed by atoms with van der Waals surface area (Å²) in [6, 6.07) is 0. The van der Waals surface area contributed by atoms with Crippen LogP contribution in [0.1, 0.15) is 6.92 Å². The Morgan fingerprint density at radius 2 is 2.43 bits per heavy atom. The molecule has 2 nitrogen and oxygen atoms in total. The lowest BCUT2D eigenvalue weighted by atomic mass is 10.5. The second-order valence-electron chi connectivity index (χ2n) is 1.30. The summed E-state index contributed by atoms with van der Waals surface area (Å²) < 4.78 is 4.62. The smallest absolute Gasteiger partial charge is 0.0874 e. The number of hydrogen-bond donors (Lipinski definition) is 1. The third kappa shape index (κ3) is 5.50. The Labute approximate surface area is 43.4 Å². The lowest BCUT2D eigenvalue weighted by molar-refractivity contribution is 0.229. The summed E-state index contributed by atoms with van der Waals surface area (Å²) in [4.78, 5) is 0. The van der Waals surface area contributed by atoms with E-state index >= 15 is 0 Å².